The Morgan fingerprint density at radius 3 is 2.58 bits per heavy atom. The number of carbonyl (C=O) groups excluding carboxylic acids is 1. The van der Waals surface area contributed by atoms with Gasteiger partial charge < -0.3 is 9.32 Å². The van der Waals surface area contributed by atoms with Crippen molar-refractivity contribution in [3.8, 4) is 0 Å². The smallest absolute Gasteiger partial charge is 0.254 e. The van der Waals surface area contributed by atoms with E-state index < -0.39 is 9.84 Å². The Morgan fingerprint density at radius 1 is 1.21 bits per heavy atom. The lowest BCUT2D eigenvalue weighted by atomic mass is 9.99. The van der Waals surface area contributed by atoms with E-state index in [-0.39, 0.29) is 22.6 Å². The third kappa shape index (κ3) is 3.24. The largest absolute Gasteiger partial charge is 0.467 e. The van der Waals surface area contributed by atoms with Crippen molar-refractivity contribution in [3.05, 3.63) is 54.0 Å². The van der Waals surface area contributed by atoms with Crippen LogP contribution in [-0.2, 0) is 9.84 Å². The first-order chi connectivity index (χ1) is 11.5. The van der Waals surface area contributed by atoms with Crippen molar-refractivity contribution in [2.24, 2.45) is 0 Å². The quantitative estimate of drug-likeness (QED) is 0.850. The highest BCUT2D eigenvalue weighted by molar-refractivity contribution is 7.91. The topological polar surface area (TPSA) is 67.6 Å². The van der Waals surface area contributed by atoms with Crippen molar-refractivity contribution >= 4 is 15.7 Å². The van der Waals surface area contributed by atoms with Crippen molar-refractivity contribution in [1.29, 1.82) is 0 Å². The van der Waals surface area contributed by atoms with Crippen molar-refractivity contribution in [1.82, 2.24) is 4.90 Å². The van der Waals surface area contributed by atoms with Crippen LogP contribution in [-0.4, -0.2) is 31.5 Å². The van der Waals surface area contributed by atoms with Crippen LogP contribution in [0.25, 0.3) is 0 Å². The van der Waals surface area contributed by atoms with Gasteiger partial charge in [0.25, 0.3) is 5.91 Å². The third-order valence-corrected chi connectivity index (χ3v) is 6.23. The van der Waals surface area contributed by atoms with Gasteiger partial charge in [0.15, 0.2) is 9.84 Å². The summed E-state index contributed by atoms with van der Waals surface area (Å²) in [6.07, 6.45) is 4.52. The first kappa shape index (κ1) is 16.8. The number of piperidine rings is 1. The fraction of sp³-hybridized carbons (Fsp3) is 0.389. The van der Waals surface area contributed by atoms with Crippen LogP contribution in [0.15, 0.2) is 52.0 Å². The molecule has 128 valence electrons. The molecule has 1 aromatic heterocycles. The van der Waals surface area contributed by atoms with Crippen LogP contribution in [0.4, 0.5) is 0 Å². The van der Waals surface area contributed by atoms with E-state index in [1.165, 1.54) is 12.1 Å². The van der Waals surface area contributed by atoms with Gasteiger partial charge in [-0.05, 0) is 55.7 Å². The maximum absolute atomic E-state index is 12.9. The molecule has 0 bridgehead atoms. The second kappa shape index (κ2) is 6.81. The van der Waals surface area contributed by atoms with Crippen molar-refractivity contribution < 1.29 is 17.6 Å². The molecule has 1 aromatic carbocycles. The molecule has 1 amide bonds. The van der Waals surface area contributed by atoms with Crippen LogP contribution in [0.2, 0.25) is 0 Å². The van der Waals surface area contributed by atoms with Crippen LogP contribution in [0.3, 0.4) is 0 Å². The summed E-state index contributed by atoms with van der Waals surface area (Å²) in [6, 6.07) is 9.89. The molecule has 2 aromatic rings. The van der Waals surface area contributed by atoms with E-state index in [0.717, 1.165) is 25.0 Å². The van der Waals surface area contributed by atoms with E-state index in [4.69, 9.17) is 4.42 Å². The van der Waals surface area contributed by atoms with Gasteiger partial charge >= 0.3 is 0 Å². The fourth-order valence-electron chi connectivity index (χ4n) is 3.09. The Labute approximate surface area is 142 Å². The predicted molar refractivity (Wildman–Crippen MR) is 90.5 cm³/mol. The number of nitrogens with zero attached hydrogens (tertiary/aromatic N) is 1. The number of hydrogen-bond donors (Lipinski definition) is 0. The molecule has 1 fully saturated rings. The lowest BCUT2D eigenvalue weighted by Crippen LogP contribution is -2.38. The van der Waals surface area contributed by atoms with E-state index in [1.54, 1.807) is 25.3 Å². The molecular weight excluding hydrogens is 326 g/mol. The van der Waals surface area contributed by atoms with Gasteiger partial charge in [-0.2, -0.15) is 0 Å². The molecule has 5 nitrogen and oxygen atoms in total. The van der Waals surface area contributed by atoms with Crippen molar-refractivity contribution in [3.63, 3.8) is 0 Å². The Hall–Kier alpha value is -2.08. The molecule has 2 heterocycles. The SMILES string of the molecule is CCS(=O)(=O)c1ccc(C(=O)N2CCCC[C@@H]2c2ccco2)cc1. The number of sulfone groups is 1. The number of likely N-dealkylation sites (tertiary alicyclic amines) is 1. The minimum atomic E-state index is -3.25. The molecular formula is C18H21NO4S. The lowest BCUT2D eigenvalue weighted by Gasteiger charge is -2.34. The molecule has 0 aliphatic carbocycles. The van der Waals surface area contributed by atoms with Gasteiger partial charge in [-0.25, -0.2) is 8.42 Å². The molecule has 1 saturated heterocycles. The van der Waals surface area contributed by atoms with Gasteiger partial charge in [-0.1, -0.05) is 6.92 Å². The van der Waals surface area contributed by atoms with Crippen LogP contribution >= 0.6 is 0 Å². The summed E-state index contributed by atoms with van der Waals surface area (Å²) in [5.41, 5.74) is 0.503. The van der Waals surface area contributed by atoms with Gasteiger partial charge in [0.1, 0.15) is 5.76 Å². The average Bonchev–Trinajstić information content (AvgIpc) is 3.16. The van der Waals surface area contributed by atoms with E-state index in [1.807, 2.05) is 17.0 Å². The molecule has 1 atom stereocenters. The average molecular weight is 347 g/mol. The summed E-state index contributed by atoms with van der Waals surface area (Å²) in [5, 5.41) is 0. The molecule has 3 rings (SSSR count). The standard InChI is InChI=1S/C18H21NO4S/c1-2-24(21,22)15-10-8-14(9-11-15)18(20)19-12-4-3-6-16(19)17-7-5-13-23-17/h5,7-11,13,16H,2-4,6,12H2,1H3/t16-/m1/s1. The summed E-state index contributed by atoms with van der Waals surface area (Å²) >= 11 is 0. The van der Waals surface area contributed by atoms with Gasteiger partial charge in [0.05, 0.1) is 23.0 Å². The molecule has 0 saturated carbocycles. The van der Waals surface area contributed by atoms with Gasteiger partial charge in [0.2, 0.25) is 0 Å². The first-order valence-electron chi connectivity index (χ1n) is 8.20. The summed E-state index contributed by atoms with van der Waals surface area (Å²) in [6.45, 7) is 2.29. The minimum Gasteiger partial charge on any atom is -0.467 e. The van der Waals surface area contributed by atoms with Gasteiger partial charge in [-0.15, -0.1) is 0 Å². The van der Waals surface area contributed by atoms with Crippen LogP contribution in [0.5, 0.6) is 0 Å². The maximum Gasteiger partial charge on any atom is 0.254 e. The molecule has 0 spiro atoms. The van der Waals surface area contributed by atoms with E-state index >= 15 is 0 Å². The highest BCUT2D eigenvalue weighted by Crippen LogP contribution is 2.32. The summed E-state index contributed by atoms with van der Waals surface area (Å²) in [4.78, 5) is 14.9. The Bertz CT molecular complexity index is 794. The van der Waals surface area contributed by atoms with Crippen LogP contribution in [0.1, 0.15) is 48.3 Å². The van der Waals surface area contributed by atoms with Gasteiger partial charge in [0, 0.05) is 12.1 Å². The molecule has 0 radical (unpaired) electrons. The summed E-state index contributed by atoms with van der Waals surface area (Å²) in [5.74, 6) is 0.761. The lowest BCUT2D eigenvalue weighted by molar-refractivity contribution is 0.0580. The number of carbonyl (C=O) groups is 1. The van der Waals surface area contributed by atoms with Crippen LogP contribution in [0, 0.1) is 0 Å². The number of amides is 1. The number of rotatable bonds is 4. The first-order valence-corrected chi connectivity index (χ1v) is 9.85. The Kier molecular flexibility index (Phi) is 4.76. The zero-order chi connectivity index (χ0) is 17.2. The maximum atomic E-state index is 12.9. The van der Waals surface area contributed by atoms with E-state index in [9.17, 15) is 13.2 Å². The van der Waals surface area contributed by atoms with Crippen molar-refractivity contribution in [2.75, 3.05) is 12.3 Å². The zero-order valence-electron chi connectivity index (χ0n) is 13.6. The Morgan fingerprint density at radius 2 is 1.96 bits per heavy atom. The second-order valence-corrected chi connectivity index (χ2v) is 8.23. The highest BCUT2D eigenvalue weighted by atomic mass is 32.2. The summed E-state index contributed by atoms with van der Waals surface area (Å²) < 4.78 is 29.3. The van der Waals surface area contributed by atoms with E-state index in [2.05, 4.69) is 0 Å². The Balaban J connectivity index is 1.84. The van der Waals surface area contributed by atoms with E-state index in [0.29, 0.717) is 12.1 Å². The second-order valence-electron chi connectivity index (χ2n) is 5.95. The fourth-order valence-corrected chi connectivity index (χ4v) is 3.97. The summed E-state index contributed by atoms with van der Waals surface area (Å²) in [7, 11) is -3.25. The van der Waals surface area contributed by atoms with Crippen molar-refractivity contribution in [2.45, 2.75) is 37.1 Å². The minimum absolute atomic E-state index is 0.0486. The van der Waals surface area contributed by atoms with Gasteiger partial charge in [-0.3, -0.25) is 4.79 Å². The zero-order valence-corrected chi connectivity index (χ0v) is 14.5. The number of benzene rings is 1. The molecule has 6 heteroatoms. The molecule has 1 aliphatic heterocycles. The number of hydrogen-bond acceptors (Lipinski definition) is 4. The molecule has 0 unspecified atom stereocenters. The normalized spacial score (nSPS) is 18.5. The third-order valence-electron chi connectivity index (χ3n) is 4.48. The molecule has 0 N–H and O–H groups in total. The molecule has 1 aliphatic rings. The van der Waals surface area contributed by atoms with Crippen LogP contribution < -0.4 is 0 Å². The molecule has 24 heavy (non-hydrogen) atoms. The predicted octanol–water partition coefficient (Wildman–Crippen LogP) is 3.44. The number of furan rings is 1. The highest BCUT2D eigenvalue weighted by Gasteiger charge is 2.30. The monoisotopic (exact) mass is 347 g/mol.